The molecule has 3 nitrogen and oxygen atoms in total. The molecule has 1 aromatic heterocycles. The van der Waals surface area contributed by atoms with Crippen LogP contribution in [-0.2, 0) is 6.42 Å². The molecule has 0 aliphatic rings. The summed E-state index contributed by atoms with van der Waals surface area (Å²) in [5, 5.41) is 3.19. The van der Waals surface area contributed by atoms with Crippen LogP contribution in [0.4, 0.5) is 0 Å². The fourth-order valence-electron chi connectivity index (χ4n) is 1.63. The Morgan fingerprint density at radius 1 is 1.47 bits per heavy atom. The van der Waals surface area contributed by atoms with Gasteiger partial charge in [-0.2, -0.15) is 0 Å². The van der Waals surface area contributed by atoms with E-state index in [4.69, 9.17) is 5.84 Å². The van der Waals surface area contributed by atoms with Crippen molar-refractivity contribution >= 4 is 11.3 Å². The van der Waals surface area contributed by atoms with Crippen LogP contribution in [0.3, 0.4) is 0 Å². The van der Waals surface area contributed by atoms with E-state index in [1.165, 1.54) is 30.7 Å². The quantitative estimate of drug-likeness (QED) is 0.407. The van der Waals surface area contributed by atoms with Gasteiger partial charge in [-0.15, -0.1) is 11.3 Å². The Labute approximate surface area is 96.1 Å². The molecular formula is C11H21N3S. The number of hydrazine groups is 1. The van der Waals surface area contributed by atoms with Gasteiger partial charge in [-0.05, 0) is 6.42 Å². The van der Waals surface area contributed by atoms with E-state index in [1.807, 2.05) is 11.6 Å². The highest BCUT2D eigenvalue weighted by molar-refractivity contribution is 7.09. The largest absolute Gasteiger partial charge is 0.271 e. The normalized spacial score (nSPS) is 12.9. The summed E-state index contributed by atoms with van der Waals surface area (Å²) in [6.45, 7) is 2.23. The Morgan fingerprint density at radius 3 is 2.93 bits per heavy atom. The molecule has 0 aliphatic heterocycles. The maximum atomic E-state index is 5.53. The molecule has 1 rings (SSSR count). The van der Waals surface area contributed by atoms with Crippen molar-refractivity contribution in [3.05, 3.63) is 16.6 Å². The summed E-state index contributed by atoms with van der Waals surface area (Å²) < 4.78 is 0. The number of nitrogens with one attached hydrogen (secondary N) is 1. The molecule has 0 spiro atoms. The number of aromatic nitrogens is 1. The smallest absolute Gasteiger partial charge is 0.0940 e. The fraction of sp³-hybridized carbons (Fsp3) is 0.727. The lowest BCUT2D eigenvalue weighted by atomic mass is 10.1. The molecule has 4 heteroatoms. The van der Waals surface area contributed by atoms with Crippen molar-refractivity contribution in [3.8, 4) is 0 Å². The van der Waals surface area contributed by atoms with Crippen molar-refractivity contribution in [2.45, 2.75) is 51.5 Å². The molecule has 86 valence electrons. The van der Waals surface area contributed by atoms with Crippen molar-refractivity contribution in [2.24, 2.45) is 5.84 Å². The van der Waals surface area contributed by atoms with Crippen LogP contribution in [0.15, 0.2) is 11.6 Å². The summed E-state index contributed by atoms with van der Waals surface area (Å²) in [4.78, 5) is 4.27. The maximum absolute atomic E-state index is 5.53. The molecule has 0 fully saturated rings. The standard InChI is InChI=1S/C11H21N3S/c1-2-3-4-5-6-10(14-12)9-11-13-7-8-15-11/h7-8,10,14H,2-6,9,12H2,1H3. The Morgan fingerprint density at radius 2 is 2.33 bits per heavy atom. The first kappa shape index (κ1) is 12.6. The number of hydrogen-bond acceptors (Lipinski definition) is 4. The minimum absolute atomic E-state index is 0.382. The van der Waals surface area contributed by atoms with Crippen molar-refractivity contribution in [1.29, 1.82) is 0 Å². The average Bonchev–Trinajstić information content (AvgIpc) is 2.75. The first-order valence-corrected chi connectivity index (χ1v) is 6.59. The number of rotatable bonds is 8. The van der Waals surface area contributed by atoms with Gasteiger partial charge in [0, 0.05) is 24.0 Å². The SMILES string of the molecule is CCCCCCC(Cc1nccs1)NN. The van der Waals surface area contributed by atoms with Crippen LogP contribution < -0.4 is 11.3 Å². The summed E-state index contributed by atoms with van der Waals surface area (Å²) >= 11 is 1.70. The van der Waals surface area contributed by atoms with Gasteiger partial charge < -0.3 is 0 Å². The second kappa shape index (κ2) is 7.79. The van der Waals surface area contributed by atoms with Crippen molar-refractivity contribution in [2.75, 3.05) is 0 Å². The summed E-state index contributed by atoms with van der Waals surface area (Å²) in [7, 11) is 0. The fourth-order valence-corrected chi connectivity index (χ4v) is 2.32. The molecule has 0 aromatic carbocycles. The summed E-state index contributed by atoms with van der Waals surface area (Å²) in [5.74, 6) is 5.53. The van der Waals surface area contributed by atoms with E-state index < -0.39 is 0 Å². The molecule has 3 N–H and O–H groups in total. The van der Waals surface area contributed by atoms with Crippen LogP contribution in [0.1, 0.15) is 44.0 Å². The predicted molar refractivity (Wildman–Crippen MR) is 65.7 cm³/mol. The van der Waals surface area contributed by atoms with Gasteiger partial charge in [0.15, 0.2) is 0 Å². The Balaban J connectivity index is 2.18. The minimum atomic E-state index is 0.382. The van der Waals surface area contributed by atoms with Crippen LogP contribution in [0.2, 0.25) is 0 Å². The van der Waals surface area contributed by atoms with E-state index in [0.29, 0.717) is 6.04 Å². The van der Waals surface area contributed by atoms with E-state index >= 15 is 0 Å². The van der Waals surface area contributed by atoms with Crippen LogP contribution in [-0.4, -0.2) is 11.0 Å². The van der Waals surface area contributed by atoms with Crippen molar-refractivity contribution in [3.63, 3.8) is 0 Å². The van der Waals surface area contributed by atoms with Crippen LogP contribution >= 0.6 is 11.3 Å². The zero-order chi connectivity index (χ0) is 10.9. The number of nitrogens with zero attached hydrogens (tertiary/aromatic N) is 1. The number of nitrogens with two attached hydrogens (primary N) is 1. The van der Waals surface area contributed by atoms with Gasteiger partial charge in [0.05, 0.1) is 5.01 Å². The summed E-state index contributed by atoms with van der Waals surface area (Å²) in [5.41, 5.74) is 2.88. The molecule has 0 aliphatic carbocycles. The molecule has 1 unspecified atom stereocenters. The molecule has 1 atom stereocenters. The zero-order valence-corrected chi connectivity index (χ0v) is 10.2. The van der Waals surface area contributed by atoms with E-state index in [1.54, 1.807) is 11.3 Å². The first-order valence-electron chi connectivity index (χ1n) is 5.71. The highest BCUT2D eigenvalue weighted by Gasteiger charge is 2.08. The van der Waals surface area contributed by atoms with Gasteiger partial charge in [-0.25, -0.2) is 4.98 Å². The minimum Gasteiger partial charge on any atom is -0.271 e. The molecule has 1 aromatic rings. The topological polar surface area (TPSA) is 50.9 Å². The van der Waals surface area contributed by atoms with E-state index in [0.717, 1.165) is 12.8 Å². The maximum Gasteiger partial charge on any atom is 0.0940 e. The van der Waals surface area contributed by atoms with Crippen LogP contribution in [0.5, 0.6) is 0 Å². The Hall–Kier alpha value is -0.450. The van der Waals surface area contributed by atoms with Gasteiger partial charge in [0.2, 0.25) is 0 Å². The van der Waals surface area contributed by atoms with Gasteiger partial charge in [0.1, 0.15) is 0 Å². The lowest BCUT2D eigenvalue weighted by Crippen LogP contribution is -2.36. The first-order chi connectivity index (χ1) is 7.36. The molecule has 0 bridgehead atoms. The molecule has 15 heavy (non-hydrogen) atoms. The zero-order valence-electron chi connectivity index (χ0n) is 9.41. The van der Waals surface area contributed by atoms with Gasteiger partial charge >= 0.3 is 0 Å². The van der Waals surface area contributed by atoms with Crippen LogP contribution in [0.25, 0.3) is 0 Å². The van der Waals surface area contributed by atoms with Gasteiger partial charge in [-0.1, -0.05) is 32.6 Å². The van der Waals surface area contributed by atoms with Gasteiger partial charge in [-0.3, -0.25) is 11.3 Å². The van der Waals surface area contributed by atoms with Gasteiger partial charge in [0.25, 0.3) is 0 Å². The molecular weight excluding hydrogens is 206 g/mol. The van der Waals surface area contributed by atoms with Crippen LogP contribution in [0, 0.1) is 0 Å². The third-order valence-corrected chi connectivity index (χ3v) is 3.35. The van der Waals surface area contributed by atoms with E-state index in [2.05, 4.69) is 17.3 Å². The third kappa shape index (κ3) is 5.25. The molecule has 1 heterocycles. The lowest BCUT2D eigenvalue weighted by Gasteiger charge is -2.13. The second-order valence-corrected chi connectivity index (χ2v) is 4.82. The van der Waals surface area contributed by atoms with E-state index in [9.17, 15) is 0 Å². The lowest BCUT2D eigenvalue weighted by molar-refractivity contribution is 0.462. The monoisotopic (exact) mass is 227 g/mol. The van der Waals surface area contributed by atoms with E-state index in [-0.39, 0.29) is 0 Å². The highest BCUT2D eigenvalue weighted by atomic mass is 32.1. The number of thiazole rings is 1. The average molecular weight is 227 g/mol. The number of unbranched alkanes of at least 4 members (excludes halogenated alkanes) is 3. The third-order valence-electron chi connectivity index (χ3n) is 2.55. The summed E-state index contributed by atoms with van der Waals surface area (Å²) in [6, 6.07) is 0.382. The molecule has 0 amide bonds. The molecule has 0 radical (unpaired) electrons. The summed E-state index contributed by atoms with van der Waals surface area (Å²) in [6.07, 6.45) is 9.14. The highest BCUT2D eigenvalue weighted by Crippen LogP contribution is 2.11. The Bertz CT molecular complexity index is 236. The predicted octanol–water partition coefficient (Wildman–Crippen LogP) is 2.49. The Kier molecular flexibility index (Phi) is 6.55. The molecule has 0 saturated carbocycles. The van der Waals surface area contributed by atoms with Crippen molar-refractivity contribution in [1.82, 2.24) is 10.4 Å². The molecule has 0 saturated heterocycles. The van der Waals surface area contributed by atoms with Crippen molar-refractivity contribution < 1.29 is 0 Å². The second-order valence-electron chi connectivity index (χ2n) is 3.84. The number of hydrogen-bond donors (Lipinski definition) is 2.